The normalized spacial score (nSPS) is 10.9. The number of hydrogen-bond donors (Lipinski definition) is 1. The third kappa shape index (κ3) is 9.06. The molecule has 1 N–H and O–H groups in total. The van der Waals surface area contributed by atoms with Crippen molar-refractivity contribution in [1.29, 1.82) is 0 Å². The van der Waals surface area contributed by atoms with E-state index < -0.39 is 5.97 Å². The van der Waals surface area contributed by atoms with Crippen LogP contribution in [0, 0.1) is 0 Å². The topological polar surface area (TPSA) is 55.8 Å². The first-order valence-corrected chi connectivity index (χ1v) is 9.56. The molecular formula is C23H28O4. The summed E-state index contributed by atoms with van der Waals surface area (Å²) >= 11 is 0. The summed E-state index contributed by atoms with van der Waals surface area (Å²) < 4.78 is 11.0. The fraction of sp³-hybridized carbons (Fsp3) is 0.348. The largest absolute Gasteiger partial charge is 0.494 e. The highest BCUT2D eigenvalue weighted by molar-refractivity contribution is 5.88. The molecule has 0 saturated heterocycles. The maximum Gasteiger partial charge on any atom is 0.336 e. The van der Waals surface area contributed by atoms with Crippen molar-refractivity contribution in [2.75, 3.05) is 13.2 Å². The van der Waals surface area contributed by atoms with Crippen molar-refractivity contribution in [3.05, 3.63) is 66.2 Å². The third-order valence-corrected chi connectivity index (χ3v) is 4.07. The van der Waals surface area contributed by atoms with Gasteiger partial charge in [0.1, 0.15) is 11.5 Å². The number of ether oxygens (including phenoxy) is 2. The van der Waals surface area contributed by atoms with Crippen LogP contribution in [0.2, 0.25) is 0 Å². The van der Waals surface area contributed by atoms with Crippen LogP contribution in [0.15, 0.2) is 60.7 Å². The predicted molar refractivity (Wildman–Crippen MR) is 108 cm³/mol. The van der Waals surface area contributed by atoms with Crippen LogP contribution in [-0.2, 0) is 4.79 Å². The van der Waals surface area contributed by atoms with Crippen LogP contribution in [0.3, 0.4) is 0 Å². The summed E-state index contributed by atoms with van der Waals surface area (Å²) in [6.07, 6.45) is 9.63. The SMILES string of the molecule is O=C(C=Cc1ccccc1)Oc1ccc(OCCCCCCCCO)cc1. The first-order chi connectivity index (χ1) is 13.3. The molecule has 0 aliphatic heterocycles. The highest BCUT2D eigenvalue weighted by Gasteiger charge is 2.01. The van der Waals surface area contributed by atoms with E-state index in [4.69, 9.17) is 14.6 Å². The minimum Gasteiger partial charge on any atom is -0.494 e. The first-order valence-electron chi connectivity index (χ1n) is 9.56. The van der Waals surface area contributed by atoms with E-state index in [1.807, 2.05) is 42.5 Å². The van der Waals surface area contributed by atoms with E-state index >= 15 is 0 Å². The van der Waals surface area contributed by atoms with Gasteiger partial charge in [-0.15, -0.1) is 0 Å². The maximum absolute atomic E-state index is 11.9. The molecule has 0 saturated carbocycles. The molecule has 0 spiro atoms. The van der Waals surface area contributed by atoms with Crippen molar-refractivity contribution in [2.45, 2.75) is 38.5 Å². The molecule has 0 heterocycles. The minimum atomic E-state index is -0.409. The van der Waals surface area contributed by atoms with Crippen LogP contribution in [0.1, 0.15) is 44.1 Å². The van der Waals surface area contributed by atoms with Gasteiger partial charge in [-0.05, 0) is 48.7 Å². The Kier molecular flexibility index (Phi) is 9.76. The van der Waals surface area contributed by atoms with Crippen molar-refractivity contribution in [1.82, 2.24) is 0 Å². The van der Waals surface area contributed by atoms with Gasteiger partial charge >= 0.3 is 5.97 Å². The molecule has 0 bridgehead atoms. The van der Waals surface area contributed by atoms with Crippen LogP contribution in [0.4, 0.5) is 0 Å². The van der Waals surface area contributed by atoms with E-state index in [0.29, 0.717) is 12.4 Å². The van der Waals surface area contributed by atoms with E-state index in [2.05, 4.69) is 0 Å². The van der Waals surface area contributed by atoms with Crippen LogP contribution < -0.4 is 9.47 Å². The van der Waals surface area contributed by atoms with Gasteiger partial charge in [-0.2, -0.15) is 0 Å². The number of aliphatic hydroxyl groups excluding tert-OH is 1. The molecule has 0 atom stereocenters. The molecule has 27 heavy (non-hydrogen) atoms. The quantitative estimate of drug-likeness (QED) is 0.247. The number of hydrogen-bond acceptors (Lipinski definition) is 4. The van der Waals surface area contributed by atoms with Crippen LogP contribution in [0.25, 0.3) is 6.08 Å². The van der Waals surface area contributed by atoms with E-state index in [0.717, 1.165) is 37.0 Å². The lowest BCUT2D eigenvalue weighted by Crippen LogP contribution is -2.03. The van der Waals surface area contributed by atoms with Crippen LogP contribution >= 0.6 is 0 Å². The Labute approximate surface area is 161 Å². The zero-order valence-corrected chi connectivity index (χ0v) is 15.7. The number of carbonyl (C=O) groups is 1. The number of aliphatic hydroxyl groups is 1. The Hall–Kier alpha value is -2.59. The summed E-state index contributed by atoms with van der Waals surface area (Å²) in [5.41, 5.74) is 0.951. The third-order valence-electron chi connectivity index (χ3n) is 4.07. The summed E-state index contributed by atoms with van der Waals surface area (Å²) in [6, 6.07) is 16.7. The molecule has 0 radical (unpaired) electrons. The monoisotopic (exact) mass is 368 g/mol. The number of esters is 1. The minimum absolute atomic E-state index is 0.289. The zero-order chi connectivity index (χ0) is 19.2. The van der Waals surface area contributed by atoms with Gasteiger partial charge in [0.05, 0.1) is 6.61 Å². The summed E-state index contributed by atoms with van der Waals surface area (Å²) in [7, 11) is 0. The number of carbonyl (C=O) groups excluding carboxylic acids is 1. The molecule has 2 rings (SSSR count). The molecule has 0 fully saturated rings. The maximum atomic E-state index is 11.9. The molecule has 0 amide bonds. The number of rotatable bonds is 12. The Bertz CT molecular complexity index is 677. The summed E-state index contributed by atoms with van der Waals surface area (Å²) in [5.74, 6) is 0.859. The van der Waals surface area contributed by atoms with E-state index in [-0.39, 0.29) is 6.61 Å². The molecule has 0 aliphatic carbocycles. The zero-order valence-electron chi connectivity index (χ0n) is 15.7. The first kappa shape index (κ1) is 20.7. The van der Waals surface area contributed by atoms with Gasteiger partial charge in [0.2, 0.25) is 0 Å². The lowest BCUT2D eigenvalue weighted by atomic mass is 10.1. The van der Waals surface area contributed by atoms with Crippen molar-refractivity contribution < 1.29 is 19.4 Å². The Morgan fingerprint density at radius 2 is 1.44 bits per heavy atom. The average Bonchev–Trinajstić information content (AvgIpc) is 2.70. The smallest absolute Gasteiger partial charge is 0.336 e. The van der Waals surface area contributed by atoms with Crippen LogP contribution in [-0.4, -0.2) is 24.3 Å². The fourth-order valence-corrected chi connectivity index (χ4v) is 2.59. The summed E-state index contributed by atoms with van der Waals surface area (Å²) in [5, 5.41) is 8.72. The van der Waals surface area contributed by atoms with Gasteiger partial charge in [0.25, 0.3) is 0 Å². The second kappa shape index (κ2) is 12.7. The molecule has 4 nitrogen and oxygen atoms in total. The molecule has 0 aromatic heterocycles. The van der Waals surface area contributed by atoms with E-state index in [1.165, 1.54) is 18.9 Å². The molecular weight excluding hydrogens is 340 g/mol. The van der Waals surface area contributed by atoms with Crippen molar-refractivity contribution in [3.8, 4) is 11.5 Å². The highest BCUT2D eigenvalue weighted by atomic mass is 16.5. The second-order valence-electron chi connectivity index (χ2n) is 6.33. The van der Waals surface area contributed by atoms with Crippen molar-refractivity contribution in [2.24, 2.45) is 0 Å². The van der Waals surface area contributed by atoms with Gasteiger partial charge in [0.15, 0.2) is 0 Å². The lowest BCUT2D eigenvalue weighted by molar-refractivity contribution is -0.128. The molecule has 144 valence electrons. The van der Waals surface area contributed by atoms with Gasteiger partial charge < -0.3 is 14.6 Å². The van der Waals surface area contributed by atoms with E-state index in [1.54, 1.807) is 18.2 Å². The van der Waals surface area contributed by atoms with Gasteiger partial charge in [-0.25, -0.2) is 4.79 Å². The number of benzene rings is 2. The summed E-state index contributed by atoms with van der Waals surface area (Å²) in [6.45, 7) is 0.969. The van der Waals surface area contributed by atoms with Crippen molar-refractivity contribution in [3.63, 3.8) is 0 Å². The molecule has 4 heteroatoms. The Morgan fingerprint density at radius 1 is 0.815 bits per heavy atom. The number of unbranched alkanes of at least 4 members (excludes halogenated alkanes) is 5. The molecule has 2 aromatic rings. The molecule has 0 aliphatic rings. The van der Waals surface area contributed by atoms with Gasteiger partial charge in [0, 0.05) is 12.7 Å². The molecule has 0 unspecified atom stereocenters. The lowest BCUT2D eigenvalue weighted by Gasteiger charge is -2.07. The van der Waals surface area contributed by atoms with E-state index in [9.17, 15) is 4.79 Å². The average molecular weight is 368 g/mol. The van der Waals surface area contributed by atoms with Gasteiger partial charge in [-0.3, -0.25) is 0 Å². The molecule has 2 aromatic carbocycles. The van der Waals surface area contributed by atoms with Gasteiger partial charge in [-0.1, -0.05) is 56.0 Å². The standard InChI is InChI=1S/C23H28O4/c24-18-8-3-1-2-4-9-19-26-21-13-15-22(16-14-21)27-23(25)17-12-20-10-6-5-7-11-20/h5-7,10-17,24H,1-4,8-9,18-19H2. The fourth-order valence-electron chi connectivity index (χ4n) is 2.59. The Morgan fingerprint density at radius 3 is 2.15 bits per heavy atom. The van der Waals surface area contributed by atoms with Crippen molar-refractivity contribution >= 4 is 12.0 Å². The second-order valence-corrected chi connectivity index (χ2v) is 6.33. The Balaban J connectivity index is 1.64. The van der Waals surface area contributed by atoms with Crippen LogP contribution in [0.5, 0.6) is 11.5 Å². The highest BCUT2D eigenvalue weighted by Crippen LogP contribution is 2.18. The predicted octanol–water partition coefficient (Wildman–Crippen LogP) is 5.02. The summed E-state index contributed by atoms with van der Waals surface area (Å²) in [4.78, 5) is 11.9.